The molecule has 0 unspecified atom stereocenters. The van der Waals surface area contributed by atoms with Gasteiger partial charge in [-0.05, 0) is 56.2 Å². The molecule has 7 nitrogen and oxygen atoms in total. The van der Waals surface area contributed by atoms with Gasteiger partial charge in [0.05, 0.1) is 27.5 Å². The van der Waals surface area contributed by atoms with E-state index in [1.54, 1.807) is 0 Å². The second-order valence-corrected chi connectivity index (χ2v) is 10.1. The molecule has 1 saturated carbocycles. The monoisotopic (exact) mass is 590 g/mol. The Morgan fingerprint density at radius 2 is 1.51 bits per heavy atom. The average Bonchev–Trinajstić information content (AvgIpc) is 3.57. The molecule has 3 aromatic rings. The van der Waals surface area contributed by atoms with Crippen molar-refractivity contribution in [3.63, 3.8) is 0 Å². The van der Waals surface area contributed by atoms with Crippen LogP contribution in [0.25, 0.3) is 0 Å². The molecule has 0 bridgehead atoms. The number of amides is 3. The molecule has 2 aromatic carbocycles. The van der Waals surface area contributed by atoms with Gasteiger partial charge in [0.2, 0.25) is 11.8 Å². The van der Waals surface area contributed by atoms with E-state index in [2.05, 4.69) is 20.9 Å². The standard InChI is InChI=1S/C24H17ClF6N4O3S/c1-11-17(18(36)34-16-10-13(24(29,30)31)5-6-15(16)25)39-21(32-11)35-20(38)22(7-8-22)19(37)33-14-4-2-3-12(9-14)23(26,27)28/h2-6,9-10H,7-8H2,1H3,(H,33,37)(H,34,36)(H,32,35,38). The lowest BCUT2D eigenvalue weighted by molar-refractivity contribution is -0.138. The third kappa shape index (κ3) is 6.17. The number of aryl methyl sites for hydroxylation is 1. The van der Waals surface area contributed by atoms with E-state index in [1.165, 1.54) is 13.0 Å². The summed E-state index contributed by atoms with van der Waals surface area (Å²) >= 11 is 6.64. The third-order valence-electron chi connectivity index (χ3n) is 5.83. The number of nitrogens with one attached hydrogen (secondary N) is 3. The number of rotatable bonds is 6. The molecule has 3 amide bonds. The first-order valence-corrected chi connectivity index (χ1v) is 12.3. The largest absolute Gasteiger partial charge is 0.416 e. The average molecular weight is 591 g/mol. The number of nitrogens with zero attached hydrogens (tertiary/aromatic N) is 1. The highest BCUT2D eigenvalue weighted by Gasteiger charge is 2.56. The van der Waals surface area contributed by atoms with E-state index >= 15 is 0 Å². The lowest BCUT2D eigenvalue weighted by Gasteiger charge is -2.15. The van der Waals surface area contributed by atoms with Crippen LogP contribution in [-0.4, -0.2) is 22.7 Å². The van der Waals surface area contributed by atoms with E-state index in [1.807, 2.05) is 0 Å². The minimum absolute atomic E-state index is 0.0305. The summed E-state index contributed by atoms with van der Waals surface area (Å²) in [5, 5.41) is 6.88. The predicted molar refractivity (Wildman–Crippen MR) is 132 cm³/mol. The summed E-state index contributed by atoms with van der Waals surface area (Å²) in [7, 11) is 0. The van der Waals surface area contributed by atoms with Gasteiger partial charge in [-0.25, -0.2) is 4.98 Å². The molecule has 0 spiro atoms. The summed E-state index contributed by atoms with van der Waals surface area (Å²) < 4.78 is 77.9. The maximum atomic E-state index is 13.0. The maximum absolute atomic E-state index is 13.0. The Balaban J connectivity index is 1.45. The van der Waals surface area contributed by atoms with Gasteiger partial charge in [-0.2, -0.15) is 26.3 Å². The molecule has 0 atom stereocenters. The highest BCUT2D eigenvalue weighted by atomic mass is 35.5. The Morgan fingerprint density at radius 1 is 0.897 bits per heavy atom. The second kappa shape index (κ2) is 10.2. The van der Waals surface area contributed by atoms with Crippen molar-refractivity contribution in [1.29, 1.82) is 0 Å². The van der Waals surface area contributed by atoms with Gasteiger partial charge >= 0.3 is 12.4 Å². The van der Waals surface area contributed by atoms with Crippen LogP contribution in [0.4, 0.5) is 42.8 Å². The van der Waals surface area contributed by atoms with Crippen LogP contribution in [-0.2, 0) is 21.9 Å². The van der Waals surface area contributed by atoms with Crippen molar-refractivity contribution in [2.24, 2.45) is 5.41 Å². The predicted octanol–water partition coefficient (Wildman–Crippen LogP) is 6.75. The van der Waals surface area contributed by atoms with Crippen molar-refractivity contribution in [3.05, 3.63) is 69.2 Å². The van der Waals surface area contributed by atoms with Crippen molar-refractivity contribution in [3.8, 4) is 0 Å². The maximum Gasteiger partial charge on any atom is 0.416 e. The van der Waals surface area contributed by atoms with E-state index in [9.17, 15) is 40.7 Å². The fraction of sp³-hybridized carbons (Fsp3) is 0.250. The Morgan fingerprint density at radius 3 is 2.13 bits per heavy atom. The summed E-state index contributed by atoms with van der Waals surface area (Å²) in [6.45, 7) is 1.43. The van der Waals surface area contributed by atoms with Crippen LogP contribution < -0.4 is 16.0 Å². The van der Waals surface area contributed by atoms with Crippen molar-refractivity contribution >= 4 is 57.2 Å². The van der Waals surface area contributed by atoms with Gasteiger partial charge in [0.15, 0.2) is 5.13 Å². The number of halogens is 7. The molecule has 1 aromatic heterocycles. The quantitative estimate of drug-likeness (QED) is 0.218. The molecule has 1 aliphatic carbocycles. The Kier molecular flexibility index (Phi) is 7.38. The summed E-state index contributed by atoms with van der Waals surface area (Å²) in [6.07, 6.45) is -9.01. The first-order chi connectivity index (χ1) is 18.1. The molecule has 4 rings (SSSR count). The SMILES string of the molecule is Cc1nc(NC(=O)C2(C(=O)Nc3cccc(C(F)(F)F)c3)CC2)sc1C(=O)Nc1cc(C(F)(F)F)ccc1Cl. The zero-order valence-electron chi connectivity index (χ0n) is 19.7. The van der Waals surface area contributed by atoms with E-state index in [0.29, 0.717) is 6.07 Å². The minimum Gasteiger partial charge on any atom is -0.325 e. The number of anilines is 3. The van der Waals surface area contributed by atoms with Gasteiger partial charge in [-0.15, -0.1) is 0 Å². The smallest absolute Gasteiger partial charge is 0.325 e. The van der Waals surface area contributed by atoms with Gasteiger partial charge in [0.1, 0.15) is 10.3 Å². The highest BCUT2D eigenvalue weighted by Crippen LogP contribution is 2.48. The van der Waals surface area contributed by atoms with Crippen LogP contribution in [0, 0.1) is 12.3 Å². The van der Waals surface area contributed by atoms with Gasteiger partial charge in [-0.3, -0.25) is 14.4 Å². The van der Waals surface area contributed by atoms with Gasteiger partial charge in [-0.1, -0.05) is 29.0 Å². The Hall–Kier alpha value is -3.65. The molecular weight excluding hydrogens is 574 g/mol. The van der Waals surface area contributed by atoms with Gasteiger partial charge < -0.3 is 16.0 Å². The molecule has 1 heterocycles. The van der Waals surface area contributed by atoms with Crippen LogP contribution in [0.1, 0.15) is 39.3 Å². The van der Waals surface area contributed by atoms with Gasteiger partial charge in [0, 0.05) is 5.69 Å². The fourth-order valence-corrected chi connectivity index (χ4v) is 4.58. The molecular formula is C24H17ClF6N4O3S. The number of carbonyl (C=O) groups excluding carboxylic acids is 3. The van der Waals surface area contributed by atoms with Crippen molar-refractivity contribution < 1.29 is 40.7 Å². The normalized spacial score (nSPS) is 14.5. The molecule has 0 aliphatic heterocycles. The molecule has 206 valence electrons. The molecule has 3 N–H and O–H groups in total. The molecule has 1 fully saturated rings. The first kappa shape index (κ1) is 28.4. The summed E-state index contributed by atoms with van der Waals surface area (Å²) in [5.41, 5.74) is -3.79. The Bertz CT molecular complexity index is 1470. The number of thiazole rings is 1. The lowest BCUT2D eigenvalue weighted by atomic mass is 10.0. The van der Waals surface area contributed by atoms with E-state index < -0.39 is 46.6 Å². The van der Waals surface area contributed by atoms with Crippen molar-refractivity contribution in [1.82, 2.24) is 4.98 Å². The molecule has 0 saturated heterocycles. The van der Waals surface area contributed by atoms with Crippen LogP contribution in [0.3, 0.4) is 0 Å². The molecule has 15 heteroatoms. The first-order valence-electron chi connectivity index (χ1n) is 11.1. The minimum atomic E-state index is -4.66. The second-order valence-electron chi connectivity index (χ2n) is 8.65. The number of carbonyl (C=O) groups is 3. The number of aromatic nitrogens is 1. The number of alkyl halides is 6. The number of hydrogen-bond acceptors (Lipinski definition) is 5. The van der Waals surface area contributed by atoms with E-state index in [0.717, 1.165) is 41.7 Å². The van der Waals surface area contributed by atoms with Crippen LogP contribution >= 0.6 is 22.9 Å². The third-order valence-corrected chi connectivity index (χ3v) is 7.23. The van der Waals surface area contributed by atoms with E-state index in [-0.39, 0.29) is 44.9 Å². The highest BCUT2D eigenvalue weighted by molar-refractivity contribution is 7.17. The van der Waals surface area contributed by atoms with Crippen LogP contribution in [0.15, 0.2) is 42.5 Å². The Labute approximate surface area is 225 Å². The number of benzene rings is 2. The molecule has 1 aliphatic rings. The fourth-order valence-electron chi connectivity index (χ4n) is 3.56. The zero-order chi connectivity index (χ0) is 28.8. The van der Waals surface area contributed by atoms with Crippen LogP contribution in [0.2, 0.25) is 5.02 Å². The topological polar surface area (TPSA) is 100 Å². The van der Waals surface area contributed by atoms with Crippen molar-refractivity contribution in [2.45, 2.75) is 32.1 Å². The summed E-state index contributed by atoms with van der Waals surface area (Å²) in [6, 6.07) is 6.40. The molecule has 0 radical (unpaired) electrons. The molecule has 39 heavy (non-hydrogen) atoms. The number of hydrogen-bond donors (Lipinski definition) is 3. The van der Waals surface area contributed by atoms with Gasteiger partial charge in [0.25, 0.3) is 5.91 Å². The van der Waals surface area contributed by atoms with Crippen LogP contribution in [0.5, 0.6) is 0 Å². The van der Waals surface area contributed by atoms with E-state index in [4.69, 9.17) is 11.6 Å². The lowest BCUT2D eigenvalue weighted by Crippen LogP contribution is -2.35. The summed E-state index contributed by atoms with van der Waals surface area (Å²) in [5.74, 6) is -2.39. The summed E-state index contributed by atoms with van der Waals surface area (Å²) in [4.78, 5) is 42.4. The van der Waals surface area contributed by atoms with Crippen molar-refractivity contribution in [2.75, 3.05) is 16.0 Å². The zero-order valence-corrected chi connectivity index (χ0v) is 21.3.